The first-order valence-electron chi connectivity index (χ1n) is 8.01. The Balaban J connectivity index is 1.97. The van der Waals surface area contributed by atoms with Crippen LogP contribution >= 0.6 is 0 Å². The number of amides is 1. The zero-order chi connectivity index (χ0) is 19.2. The summed E-state index contributed by atoms with van der Waals surface area (Å²) in [6, 6.07) is 10.3. The van der Waals surface area contributed by atoms with Crippen LogP contribution in [0.25, 0.3) is 0 Å². The Morgan fingerprint density at radius 3 is 2.54 bits per heavy atom. The molecular weight excluding hydrogens is 358 g/mol. The lowest BCUT2D eigenvalue weighted by Gasteiger charge is -2.13. The molecule has 1 aromatic carbocycles. The number of ether oxygens (including phenoxy) is 2. The molecule has 0 aliphatic carbocycles. The zero-order valence-electron chi connectivity index (χ0n) is 15.0. The molecule has 0 aliphatic heterocycles. The first-order valence-corrected chi connectivity index (χ1v) is 9.83. The Morgan fingerprint density at radius 2 is 1.88 bits per heavy atom. The minimum Gasteiger partial charge on any atom is -0.455 e. The summed E-state index contributed by atoms with van der Waals surface area (Å²) in [5.41, 5.74) is 1.72. The summed E-state index contributed by atoms with van der Waals surface area (Å²) in [5, 5.41) is 2.59. The smallest absolute Gasteiger partial charge is 0.287 e. The average Bonchev–Trinajstić information content (AvgIpc) is 3.02. The fourth-order valence-electron chi connectivity index (χ4n) is 2.43. The van der Waals surface area contributed by atoms with Gasteiger partial charge in [0, 0.05) is 14.2 Å². The van der Waals surface area contributed by atoms with Crippen molar-refractivity contribution in [2.24, 2.45) is 0 Å². The quantitative estimate of drug-likeness (QED) is 0.668. The van der Waals surface area contributed by atoms with Crippen molar-refractivity contribution in [3.63, 3.8) is 0 Å². The number of hydrogen-bond acceptors (Lipinski definition) is 6. The first-order chi connectivity index (χ1) is 12.3. The molecule has 0 spiro atoms. The van der Waals surface area contributed by atoms with Crippen LogP contribution in [0.15, 0.2) is 40.8 Å². The summed E-state index contributed by atoms with van der Waals surface area (Å²) in [5.74, 6) is -0.561. The number of rotatable bonds is 9. The lowest BCUT2D eigenvalue weighted by Crippen LogP contribution is -2.33. The van der Waals surface area contributed by atoms with Crippen LogP contribution in [0.3, 0.4) is 0 Å². The van der Waals surface area contributed by atoms with Crippen LogP contribution in [0.1, 0.15) is 27.4 Å². The molecule has 2 aromatic rings. The van der Waals surface area contributed by atoms with Gasteiger partial charge in [0.15, 0.2) is 21.9 Å². The minimum atomic E-state index is -3.42. The predicted octanol–water partition coefficient (Wildman–Crippen LogP) is 2.05. The Bertz CT molecular complexity index is 839. The monoisotopic (exact) mass is 381 g/mol. The Morgan fingerprint density at radius 1 is 1.15 bits per heavy atom. The van der Waals surface area contributed by atoms with Crippen molar-refractivity contribution in [3.05, 3.63) is 59.0 Å². The van der Waals surface area contributed by atoms with Crippen LogP contribution in [-0.4, -0.2) is 41.4 Å². The van der Waals surface area contributed by atoms with Crippen molar-refractivity contribution in [1.82, 2.24) is 5.32 Å². The van der Waals surface area contributed by atoms with Gasteiger partial charge in [0.05, 0.1) is 12.3 Å². The molecule has 1 aromatic heterocycles. The predicted molar refractivity (Wildman–Crippen MR) is 96.4 cm³/mol. The standard InChI is InChI=1S/C18H23NO6S/c1-13-5-4-6-14(9-13)11-26(21,22)12-15-7-8-16(25-15)18(20)19-10-17(23-2)24-3/h4-9,17H,10-12H2,1-3H3,(H,19,20). The van der Waals surface area contributed by atoms with E-state index in [0.717, 1.165) is 11.1 Å². The summed E-state index contributed by atoms with van der Waals surface area (Å²) >= 11 is 0. The van der Waals surface area contributed by atoms with E-state index in [0.29, 0.717) is 0 Å². The van der Waals surface area contributed by atoms with E-state index in [9.17, 15) is 13.2 Å². The maximum absolute atomic E-state index is 12.4. The molecule has 0 bridgehead atoms. The van der Waals surface area contributed by atoms with Gasteiger partial charge in [0.25, 0.3) is 5.91 Å². The van der Waals surface area contributed by atoms with E-state index in [2.05, 4.69) is 5.32 Å². The fourth-order valence-corrected chi connectivity index (χ4v) is 3.81. The van der Waals surface area contributed by atoms with Gasteiger partial charge in [0.1, 0.15) is 11.5 Å². The number of benzene rings is 1. The molecule has 26 heavy (non-hydrogen) atoms. The number of sulfone groups is 1. The third-order valence-corrected chi connectivity index (χ3v) is 5.17. The van der Waals surface area contributed by atoms with E-state index in [4.69, 9.17) is 13.9 Å². The van der Waals surface area contributed by atoms with Crippen molar-refractivity contribution >= 4 is 15.7 Å². The number of methoxy groups -OCH3 is 2. The number of carbonyl (C=O) groups excluding carboxylic acids is 1. The average molecular weight is 381 g/mol. The maximum atomic E-state index is 12.4. The van der Waals surface area contributed by atoms with E-state index in [1.54, 1.807) is 6.07 Å². The van der Waals surface area contributed by atoms with Gasteiger partial charge in [-0.15, -0.1) is 0 Å². The van der Waals surface area contributed by atoms with Gasteiger partial charge in [-0.1, -0.05) is 29.8 Å². The van der Waals surface area contributed by atoms with Crippen LogP contribution < -0.4 is 5.32 Å². The highest BCUT2D eigenvalue weighted by Gasteiger charge is 2.18. The molecule has 0 saturated carbocycles. The fraction of sp³-hybridized carbons (Fsp3) is 0.389. The van der Waals surface area contributed by atoms with E-state index >= 15 is 0 Å². The third-order valence-electron chi connectivity index (χ3n) is 3.67. The lowest BCUT2D eigenvalue weighted by atomic mass is 10.2. The second kappa shape index (κ2) is 8.98. The van der Waals surface area contributed by atoms with Crippen LogP contribution in [0, 0.1) is 6.92 Å². The number of hydrogen-bond donors (Lipinski definition) is 1. The molecule has 0 fully saturated rings. The van der Waals surface area contributed by atoms with Gasteiger partial charge >= 0.3 is 0 Å². The Kier molecular flexibility index (Phi) is 6.96. The highest BCUT2D eigenvalue weighted by atomic mass is 32.2. The second-order valence-corrected chi connectivity index (χ2v) is 7.96. The zero-order valence-corrected chi connectivity index (χ0v) is 15.8. The highest BCUT2D eigenvalue weighted by molar-refractivity contribution is 7.89. The summed E-state index contributed by atoms with van der Waals surface area (Å²) in [4.78, 5) is 12.0. The van der Waals surface area contributed by atoms with E-state index in [1.807, 2.05) is 25.1 Å². The lowest BCUT2D eigenvalue weighted by molar-refractivity contribution is -0.0975. The summed E-state index contributed by atoms with van der Waals surface area (Å²) in [7, 11) is -0.490. The molecule has 2 rings (SSSR count). The van der Waals surface area contributed by atoms with Gasteiger partial charge in [0.2, 0.25) is 0 Å². The van der Waals surface area contributed by atoms with Crippen LogP contribution in [0.5, 0.6) is 0 Å². The van der Waals surface area contributed by atoms with Crippen LogP contribution in [0.4, 0.5) is 0 Å². The molecule has 0 aliphatic rings. The molecule has 7 nitrogen and oxygen atoms in total. The Hall–Kier alpha value is -2.16. The van der Waals surface area contributed by atoms with Gasteiger partial charge in [-0.05, 0) is 24.6 Å². The summed E-state index contributed by atoms with van der Waals surface area (Å²) < 4.78 is 40.0. The molecule has 1 N–H and O–H groups in total. The summed E-state index contributed by atoms with van der Waals surface area (Å²) in [6.45, 7) is 2.05. The molecule has 0 radical (unpaired) electrons. The van der Waals surface area contributed by atoms with Gasteiger partial charge < -0.3 is 19.2 Å². The molecule has 0 atom stereocenters. The number of carbonyl (C=O) groups is 1. The molecule has 1 amide bonds. The minimum absolute atomic E-state index is 0.0386. The normalized spacial score (nSPS) is 11.7. The number of aryl methyl sites for hydroxylation is 1. The molecule has 0 saturated heterocycles. The van der Waals surface area contributed by atoms with E-state index in [1.165, 1.54) is 26.4 Å². The van der Waals surface area contributed by atoms with Gasteiger partial charge in [-0.25, -0.2) is 8.42 Å². The van der Waals surface area contributed by atoms with E-state index < -0.39 is 22.0 Å². The molecule has 1 heterocycles. The first kappa shape index (κ1) is 20.2. The topological polar surface area (TPSA) is 94.8 Å². The molecular formula is C18H23NO6S. The summed E-state index contributed by atoms with van der Waals surface area (Å²) in [6.07, 6.45) is -0.567. The number of nitrogens with one attached hydrogen (secondary N) is 1. The van der Waals surface area contributed by atoms with Crippen LogP contribution in [0.2, 0.25) is 0 Å². The molecule has 142 valence electrons. The largest absolute Gasteiger partial charge is 0.455 e. The van der Waals surface area contributed by atoms with Crippen molar-refractivity contribution in [3.8, 4) is 0 Å². The van der Waals surface area contributed by atoms with Gasteiger partial charge in [-0.3, -0.25) is 4.79 Å². The molecule has 8 heteroatoms. The highest BCUT2D eigenvalue weighted by Crippen LogP contribution is 2.16. The molecule has 0 unspecified atom stereocenters. The number of furan rings is 1. The van der Waals surface area contributed by atoms with Crippen molar-refractivity contribution in [1.29, 1.82) is 0 Å². The Labute approximate surface area is 153 Å². The van der Waals surface area contributed by atoms with Crippen LogP contribution in [-0.2, 0) is 30.8 Å². The van der Waals surface area contributed by atoms with Gasteiger partial charge in [-0.2, -0.15) is 0 Å². The SMILES string of the molecule is COC(CNC(=O)c1ccc(CS(=O)(=O)Cc2cccc(C)c2)o1)OC. The van der Waals surface area contributed by atoms with Crippen molar-refractivity contribution < 1.29 is 27.1 Å². The second-order valence-electron chi connectivity index (χ2n) is 5.90. The van der Waals surface area contributed by atoms with Crippen molar-refractivity contribution in [2.75, 3.05) is 20.8 Å². The maximum Gasteiger partial charge on any atom is 0.287 e. The van der Waals surface area contributed by atoms with E-state index in [-0.39, 0.29) is 29.6 Å². The third kappa shape index (κ3) is 5.98. The van der Waals surface area contributed by atoms with Crippen molar-refractivity contribution in [2.45, 2.75) is 24.7 Å².